The fourth-order valence-corrected chi connectivity index (χ4v) is 3.26. The van der Waals surface area contributed by atoms with Crippen LogP contribution in [0.3, 0.4) is 0 Å². The van der Waals surface area contributed by atoms with Crippen molar-refractivity contribution in [3.8, 4) is 10.4 Å². The molecule has 0 aliphatic rings. The van der Waals surface area contributed by atoms with Crippen LogP contribution in [-0.4, -0.2) is 30.8 Å². The van der Waals surface area contributed by atoms with Crippen LogP contribution in [0, 0.1) is 0 Å². The van der Waals surface area contributed by atoms with Gasteiger partial charge in [0.15, 0.2) is 11.0 Å². The summed E-state index contributed by atoms with van der Waals surface area (Å²) in [6.45, 7) is 0. The van der Waals surface area contributed by atoms with E-state index in [1.165, 1.54) is 28.2 Å². The van der Waals surface area contributed by atoms with Gasteiger partial charge in [-0.2, -0.15) is 5.10 Å². The molecule has 0 spiro atoms. The molecule has 0 unspecified atom stereocenters. The van der Waals surface area contributed by atoms with Crippen molar-refractivity contribution >= 4 is 52.7 Å². The molecule has 0 bridgehead atoms. The van der Waals surface area contributed by atoms with Gasteiger partial charge in [-0.3, -0.25) is 9.59 Å². The lowest BCUT2D eigenvalue weighted by atomic mass is 10.2. The summed E-state index contributed by atoms with van der Waals surface area (Å²) >= 11 is 7.22. The van der Waals surface area contributed by atoms with Crippen molar-refractivity contribution < 1.29 is 15.0 Å². The number of carboxylic acids is 1. The number of aliphatic hydroxyl groups is 1. The third kappa shape index (κ3) is 3.35. The molecule has 0 aliphatic heterocycles. The number of fused-ring (bicyclic) bond motifs is 1. The topological polar surface area (TPSA) is 105 Å². The van der Waals surface area contributed by atoms with E-state index in [4.69, 9.17) is 16.7 Å². The summed E-state index contributed by atoms with van der Waals surface area (Å²) in [4.78, 5) is 27.9. The Morgan fingerprint density at radius 2 is 2.04 bits per heavy atom. The Morgan fingerprint density at radius 1 is 1.29 bits per heavy atom. The number of pyridine rings is 1. The summed E-state index contributed by atoms with van der Waals surface area (Å²) in [5.41, 5.74) is 0.476. The molecule has 2 N–H and O–H groups in total. The lowest BCUT2D eigenvalue weighted by Crippen LogP contribution is -2.34. The number of thiophene rings is 1. The quantitative estimate of drug-likeness (QED) is 0.710. The molecule has 0 fully saturated rings. The van der Waals surface area contributed by atoms with Crippen LogP contribution in [-0.2, 0) is 4.79 Å². The molecule has 7 nitrogen and oxygen atoms in total. The molecule has 3 heterocycles. The van der Waals surface area contributed by atoms with E-state index in [0.29, 0.717) is 15.5 Å². The average Bonchev–Trinajstić information content (AvgIpc) is 3.12. The Labute approximate surface area is 150 Å². The first kappa shape index (κ1) is 18.2. The number of aliphatic carboxylic acids is 1. The van der Waals surface area contributed by atoms with Gasteiger partial charge < -0.3 is 10.2 Å². The molecule has 3 rings (SSSR count). The largest absolute Gasteiger partial charge is 0.510 e. The number of aliphatic hydroxyl groups excluding tert-OH is 1. The van der Waals surface area contributed by atoms with Gasteiger partial charge >= 0.3 is 5.97 Å². The summed E-state index contributed by atoms with van der Waals surface area (Å²) in [7, 11) is 0. The van der Waals surface area contributed by atoms with Gasteiger partial charge in [0.25, 0.3) is 0 Å². The standard InChI is InChI=1S/C14H10ClN3O4S.ClH/c15-11-3-2-10(23-11)7-5-9(20)13(8(19)1-4-12(21)22)18-14(7)16-6-17-18;/h2-3,5-6,19H,1,4H2,(H,21,22);1H. The summed E-state index contributed by atoms with van der Waals surface area (Å²) < 4.78 is 1.80. The highest BCUT2D eigenvalue weighted by Gasteiger charge is 2.14. The van der Waals surface area contributed by atoms with Crippen LogP contribution in [0.5, 0.6) is 0 Å². The maximum atomic E-state index is 12.4. The summed E-state index contributed by atoms with van der Waals surface area (Å²) in [5.74, 6) is -1.40. The highest BCUT2D eigenvalue weighted by Crippen LogP contribution is 2.31. The number of rotatable bonds is 4. The average molecular weight is 388 g/mol. The minimum absolute atomic E-state index is 0. The van der Waals surface area contributed by atoms with Gasteiger partial charge in [-0.25, -0.2) is 9.50 Å². The first-order valence-electron chi connectivity index (χ1n) is 6.54. The zero-order chi connectivity index (χ0) is 16.6. The van der Waals surface area contributed by atoms with Crippen molar-refractivity contribution in [2.75, 3.05) is 0 Å². The number of aromatic nitrogens is 3. The fraction of sp³-hybridized carbons (Fsp3) is 0.143. The van der Waals surface area contributed by atoms with Crippen LogP contribution < -0.4 is 10.8 Å². The molecule has 0 aliphatic carbocycles. The molecule has 126 valence electrons. The molecule has 0 atom stereocenters. The van der Waals surface area contributed by atoms with E-state index in [9.17, 15) is 14.7 Å². The lowest BCUT2D eigenvalue weighted by Gasteiger charge is -2.03. The van der Waals surface area contributed by atoms with Crippen molar-refractivity contribution in [3.05, 3.63) is 44.4 Å². The van der Waals surface area contributed by atoms with E-state index in [1.807, 2.05) is 0 Å². The van der Waals surface area contributed by atoms with Crippen molar-refractivity contribution in [1.29, 1.82) is 0 Å². The zero-order valence-corrected chi connectivity index (χ0v) is 14.4. The Bertz CT molecular complexity index is 1010. The second-order valence-electron chi connectivity index (χ2n) is 4.71. The van der Waals surface area contributed by atoms with Gasteiger partial charge in [-0.1, -0.05) is 11.6 Å². The maximum absolute atomic E-state index is 12.4. The van der Waals surface area contributed by atoms with Crippen molar-refractivity contribution in [3.63, 3.8) is 0 Å². The van der Waals surface area contributed by atoms with Crippen LogP contribution >= 0.6 is 35.3 Å². The van der Waals surface area contributed by atoms with Crippen LogP contribution in [0.4, 0.5) is 0 Å². The van der Waals surface area contributed by atoms with E-state index in [2.05, 4.69) is 10.1 Å². The van der Waals surface area contributed by atoms with Crippen LogP contribution in [0.2, 0.25) is 4.34 Å². The smallest absolute Gasteiger partial charge is 0.303 e. The molecular weight excluding hydrogens is 377 g/mol. The highest BCUT2D eigenvalue weighted by molar-refractivity contribution is 7.19. The summed E-state index contributed by atoms with van der Waals surface area (Å²) in [6.07, 6.45) is 0.814. The monoisotopic (exact) mass is 387 g/mol. The Kier molecular flexibility index (Phi) is 5.43. The normalized spacial score (nSPS) is 12.0. The first-order chi connectivity index (χ1) is 11.0. The Balaban J connectivity index is 0.00000208. The molecule has 0 saturated heterocycles. The van der Waals surface area contributed by atoms with Crippen LogP contribution in [0.25, 0.3) is 21.8 Å². The van der Waals surface area contributed by atoms with E-state index in [-0.39, 0.29) is 36.4 Å². The molecule has 3 aromatic heterocycles. The summed E-state index contributed by atoms with van der Waals surface area (Å²) in [5, 5.41) is 22.7. The SMILES string of the molecule is Cl.O=C(O)CCC(O)=c1c(=O)cc(-c2ccc(Cl)s2)c2ncnn12. The number of halogens is 2. The second-order valence-corrected chi connectivity index (χ2v) is 6.43. The molecular formula is C14H11Cl2N3O4S. The molecule has 24 heavy (non-hydrogen) atoms. The number of nitrogens with zero attached hydrogens (tertiary/aromatic N) is 3. The van der Waals surface area contributed by atoms with Gasteiger partial charge in [0.05, 0.1) is 10.8 Å². The molecule has 0 saturated carbocycles. The number of carboxylic acid groups (broad SMARTS) is 1. The maximum Gasteiger partial charge on any atom is 0.303 e. The molecule has 3 aromatic rings. The number of hydrogen-bond acceptors (Lipinski definition) is 6. The van der Waals surface area contributed by atoms with E-state index in [0.717, 1.165) is 4.88 Å². The van der Waals surface area contributed by atoms with E-state index < -0.39 is 11.4 Å². The van der Waals surface area contributed by atoms with Gasteiger partial charge in [-0.15, -0.1) is 23.7 Å². The van der Waals surface area contributed by atoms with Crippen molar-refractivity contribution in [2.45, 2.75) is 12.8 Å². The van der Waals surface area contributed by atoms with E-state index >= 15 is 0 Å². The van der Waals surface area contributed by atoms with Crippen LogP contribution in [0.15, 0.2) is 29.3 Å². The molecule has 0 aromatic carbocycles. The van der Waals surface area contributed by atoms with Crippen molar-refractivity contribution in [2.24, 2.45) is 0 Å². The minimum atomic E-state index is -1.07. The predicted octanol–water partition coefficient (Wildman–Crippen LogP) is 2.14. The van der Waals surface area contributed by atoms with Gasteiger partial charge in [-0.05, 0) is 12.1 Å². The van der Waals surface area contributed by atoms with Gasteiger partial charge in [0.2, 0.25) is 5.43 Å². The van der Waals surface area contributed by atoms with Gasteiger partial charge in [0, 0.05) is 22.9 Å². The molecule has 10 heteroatoms. The Hall–Kier alpha value is -2.16. The first-order valence-corrected chi connectivity index (χ1v) is 7.73. The van der Waals surface area contributed by atoms with Crippen LogP contribution in [0.1, 0.15) is 12.8 Å². The predicted molar refractivity (Wildman–Crippen MR) is 93.0 cm³/mol. The zero-order valence-electron chi connectivity index (χ0n) is 12.0. The minimum Gasteiger partial charge on any atom is -0.510 e. The third-order valence-electron chi connectivity index (χ3n) is 3.20. The fourth-order valence-electron chi connectivity index (χ4n) is 2.21. The molecule has 0 amide bonds. The molecule has 0 radical (unpaired) electrons. The van der Waals surface area contributed by atoms with E-state index in [1.54, 1.807) is 12.1 Å². The Morgan fingerprint density at radius 3 is 2.67 bits per heavy atom. The third-order valence-corrected chi connectivity index (χ3v) is 4.46. The second kappa shape index (κ2) is 7.16. The lowest BCUT2D eigenvalue weighted by molar-refractivity contribution is -0.136. The highest BCUT2D eigenvalue weighted by atomic mass is 35.5. The van der Waals surface area contributed by atoms with Crippen molar-refractivity contribution in [1.82, 2.24) is 14.6 Å². The van der Waals surface area contributed by atoms with Gasteiger partial charge in [0.1, 0.15) is 12.1 Å². The number of hydrogen-bond donors (Lipinski definition) is 2. The summed E-state index contributed by atoms with van der Waals surface area (Å²) in [6, 6.07) is 4.83. The number of carbonyl (C=O) groups is 1.